The number of hydrogen-bond donors (Lipinski definition) is 1. The largest absolute Gasteiger partial charge is 0.465 e. The van der Waals surface area contributed by atoms with Gasteiger partial charge in [-0.1, -0.05) is 30.0 Å². The van der Waals surface area contributed by atoms with Crippen molar-refractivity contribution >= 4 is 57.3 Å². The average molecular weight is 506 g/mol. The monoisotopic (exact) mass is 505 g/mol. The first-order valence-corrected chi connectivity index (χ1v) is 12.6. The number of thioether (sulfide) groups is 1. The smallest absolute Gasteiger partial charge is 0.339 e. The molecular weight excluding hydrogens is 482 g/mol. The van der Waals surface area contributed by atoms with Crippen molar-refractivity contribution in [3.05, 3.63) is 65.2 Å². The number of furan rings is 1. The van der Waals surface area contributed by atoms with Crippen LogP contribution >= 0.6 is 11.8 Å². The molecule has 1 aliphatic heterocycles. The minimum Gasteiger partial charge on any atom is -0.465 e. The maximum absolute atomic E-state index is 13.3. The number of benzene rings is 1. The van der Waals surface area contributed by atoms with Gasteiger partial charge in [-0.05, 0) is 54.7 Å². The molecule has 1 fully saturated rings. The van der Waals surface area contributed by atoms with Gasteiger partial charge in [-0.15, -0.1) is 0 Å². The van der Waals surface area contributed by atoms with Crippen molar-refractivity contribution in [3.63, 3.8) is 0 Å². The SMILES string of the molecule is O=C(COC(=O)c1c2c(nc3ccccc13)C(=Cc1ccco1)CCC2)NCCN1C(=O)CSC1=O. The molecule has 3 heterocycles. The highest BCUT2D eigenvalue weighted by Gasteiger charge is 2.29. The highest BCUT2D eigenvalue weighted by atomic mass is 32.2. The third kappa shape index (κ3) is 4.90. The molecule has 1 saturated heterocycles. The molecule has 0 atom stereocenters. The number of carbonyl (C=O) groups is 4. The molecule has 10 heteroatoms. The number of para-hydroxylation sites is 1. The Morgan fingerprint density at radius 1 is 1.17 bits per heavy atom. The van der Waals surface area contributed by atoms with Crippen LogP contribution in [0, 0.1) is 0 Å². The van der Waals surface area contributed by atoms with E-state index >= 15 is 0 Å². The fourth-order valence-electron chi connectivity index (χ4n) is 4.41. The predicted molar refractivity (Wildman–Crippen MR) is 134 cm³/mol. The van der Waals surface area contributed by atoms with E-state index in [1.807, 2.05) is 42.5 Å². The first kappa shape index (κ1) is 23.8. The van der Waals surface area contributed by atoms with Gasteiger partial charge in [0.05, 0.1) is 28.8 Å². The lowest BCUT2D eigenvalue weighted by molar-refractivity contribution is -0.126. The summed E-state index contributed by atoms with van der Waals surface area (Å²) in [6, 6.07) is 11.0. The van der Waals surface area contributed by atoms with Crippen molar-refractivity contribution in [2.75, 3.05) is 25.4 Å². The second-order valence-corrected chi connectivity index (χ2v) is 9.32. The van der Waals surface area contributed by atoms with E-state index in [1.54, 1.807) is 6.26 Å². The highest BCUT2D eigenvalue weighted by molar-refractivity contribution is 8.14. The van der Waals surface area contributed by atoms with Crippen LogP contribution in [0.5, 0.6) is 0 Å². The van der Waals surface area contributed by atoms with E-state index in [1.165, 1.54) is 0 Å². The second-order valence-electron chi connectivity index (χ2n) is 8.40. The topological polar surface area (TPSA) is 119 Å². The Labute approximate surface area is 210 Å². The van der Waals surface area contributed by atoms with Gasteiger partial charge in [-0.3, -0.25) is 19.3 Å². The summed E-state index contributed by atoms with van der Waals surface area (Å²) in [5, 5.41) is 2.93. The number of nitrogens with zero attached hydrogens (tertiary/aromatic N) is 2. The normalized spacial score (nSPS) is 16.4. The number of amides is 3. The number of hydrogen-bond acceptors (Lipinski definition) is 8. The van der Waals surface area contributed by atoms with Crippen molar-refractivity contribution in [1.29, 1.82) is 0 Å². The van der Waals surface area contributed by atoms with E-state index in [2.05, 4.69) is 5.32 Å². The van der Waals surface area contributed by atoms with Gasteiger partial charge in [-0.25, -0.2) is 9.78 Å². The number of pyridine rings is 1. The maximum atomic E-state index is 13.3. The summed E-state index contributed by atoms with van der Waals surface area (Å²) < 4.78 is 10.9. The van der Waals surface area contributed by atoms with Gasteiger partial charge in [-0.2, -0.15) is 0 Å². The average Bonchev–Trinajstić information content (AvgIpc) is 3.51. The number of fused-ring (bicyclic) bond motifs is 2. The molecule has 3 aromatic rings. The van der Waals surface area contributed by atoms with E-state index in [0.717, 1.165) is 46.3 Å². The molecule has 0 radical (unpaired) electrons. The van der Waals surface area contributed by atoms with Crippen LogP contribution in [-0.2, 0) is 20.7 Å². The number of rotatable bonds is 7. The first-order chi connectivity index (χ1) is 17.5. The van der Waals surface area contributed by atoms with Crippen LogP contribution in [0.1, 0.15) is 40.2 Å². The van der Waals surface area contributed by atoms with Gasteiger partial charge >= 0.3 is 5.97 Å². The molecule has 3 amide bonds. The fraction of sp³-hybridized carbons (Fsp3) is 0.269. The number of nitrogens with one attached hydrogen (secondary N) is 1. The van der Waals surface area contributed by atoms with E-state index in [0.29, 0.717) is 28.6 Å². The molecular formula is C26H23N3O6S. The van der Waals surface area contributed by atoms with E-state index in [9.17, 15) is 19.2 Å². The Kier molecular flexibility index (Phi) is 6.86. The predicted octanol–water partition coefficient (Wildman–Crippen LogP) is 3.67. The van der Waals surface area contributed by atoms with Crippen LogP contribution in [0.3, 0.4) is 0 Å². The summed E-state index contributed by atoms with van der Waals surface area (Å²) in [5.74, 6) is -0.557. The molecule has 1 aromatic carbocycles. The van der Waals surface area contributed by atoms with Crippen molar-refractivity contribution in [1.82, 2.24) is 15.2 Å². The van der Waals surface area contributed by atoms with E-state index < -0.39 is 18.5 Å². The number of carbonyl (C=O) groups excluding carboxylic acids is 4. The van der Waals surface area contributed by atoms with Crippen LogP contribution in [0.15, 0.2) is 47.1 Å². The Hall–Kier alpha value is -3.92. The second kappa shape index (κ2) is 10.4. The lowest BCUT2D eigenvalue weighted by atomic mass is 9.86. The molecule has 0 spiro atoms. The zero-order chi connectivity index (χ0) is 25.1. The van der Waals surface area contributed by atoms with E-state index in [-0.39, 0.29) is 30.0 Å². The number of esters is 1. The number of ether oxygens (including phenoxy) is 1. The molecule has 184 valence electrons. The summed E-state index contributed by atoms with van der Waals surface area (Å²) in [6.45, 7) is -0.309. The molecule has 5 rings (SSSR count). The first-order valence-electron chi connectivity index (χ1n) is 11.6. The fourth-order valence-corrected chi connectivity index (χ4v) is 5.16. The van der Waals surface area contributed by atoms with Gasteiger partial charge in [0.15, 0.2) is 6.61 Å². The molecule has 36 heavy (non-hydrogen) atoms. The Balaban J connectivity index is 1.33. The lowest BCUT2D eigenvalue weighted by Gasteiger charge is -2.22. The summed E-state index contributed by atoms with van der Waals surface area (Å²) in [5.41, 5.74) is 3.60. The number of imide groups is 1. The van der Waals surface area contributed by atoms with Gasteiger partial charge < -0.3 is 14.5 Å². The zero-order valence-electron chi connectivity index (χ0n) is 19.3. The van der Waals surface area contributed by atoms with Crippen LogP contribution < -0.4 is 5.32 Å². The third-order valence-electron chi connectivity index (χ3n) is 6.07. The molecule has 9 nitrogen and oxygen atoms in total. The van der Waals surface area contributed by atoms with Gasteiger partial charge in [0.1, 0.15) is 5.76 Å². The Bertz CT molecular complexity index is 1370. The van der Waals surface area contributed by atoms with Crippen molar-refractivity contribution < 1.29 is 28.3 Å². The molecule has 1 aliphatic carbocycles. The van der Waals surface area contributed by atoms with Crippen molar-refractivity contribution in [3.8, 4) is 0 Å². The van der Waals surface area contributed by atoms with Crippen molar-refractivity contribution in [2.24, 2.45) is 0 Å². The lowest BCUT2D eigenvalue weighted by Crippen LogP contribution is -2.38. The van der Waals surface area contributed by atoms with Crippen LogP contribution in [0.4, 0.5) is 4.79 Å². The zero-order valence-corrected chi connectivity index (χ0v) is 20.1. The van der Waals surface area contributed by atoms with Crippen LogP contribution in [-0.4, -0.2) is 58.4 Å². The summed E-state index contributed by atoms with van der Waals surface area (Å²) >= 11 is 0.938. The Morgan fingerprint density at radius 2 is 2.03 bits per heavy atom. The standard InChI is InChI=1S/C26H23N3O6S/c30-21(27-10-11-29-22(31)15-36-26(29)33)14-35-25(32)23-18-7-1-2-9-20(18)28-24-16(5-3-8-19(23)24)13-17-6-4-12-34-17/h1-2,4,6-7,9,12-13H,3,5,8,10-11,14-15H2,(H,27,30). The summed E-state index contributed by atoms with van der Waals surface area (Å²) in [4.78, 5) is 54.8. The quantitative estimate of drug-likeness (QED) is 0.483. The summed E-state index contributed by atoms with van der Waals surface area (Å²) in [7, 11) is 0. The molecule has 1 N–H and O–H groups in total. The summed E-state index contributed by atoms with van der Waals surface area (Å²) in [6.07, 6.45) is 5.85. The molecule has 0 saturated carbocycles. The molecule has 0 bridgehead atoms. The van der Waals surface area contributed by atoms with Crippen LogP contribution in [0.25, 0.3) is 22.6 Å². The van der Waals surface area contributed by atoms with Crippen LogP contribution in [0.2, 0.25) is 0 Å². The van der Waals surface area contributed by atoms with Crippen molar-refractivity contribution in [2.45, 2.75) is 19.3 Å². The molecule has 2 aromatic heterocycles. The minimum absolute atomic E-state index is 0.0810. The minimum atomic E-state index is -0.597. The number of allylic oxidation sites excluding steroid dienone is 1. The maximum Gasteiger partial charge on any atom is 0.339 e. The van der Waals surface area contributed by atoms with Gasteiger partial charge in [0.25, 0.3) is 11.1 Å². The molecule has 0 unspecified atom stereocenters. The highest BCUT2D eigenvalue weighted by Crippen LogP contribution is 2.36. The number of aromatic nitrogens is 1. The Morgan fingerprint density at radius 3 is 2.81 bits per heavy atom. The third-order valence-corrected chi connectivity index (χ3v) is 6.93. The van der Waals surface area contributed by atoms with E-state index in [4.69, 9.17) is 14.1 Å². The van der Waals surface area contributed by atoms with Gasteiger partial charge in [0, 0.05) is 18.5 Å². The van der Waals surface area contributed by atoms with Gasteiger partial charge in [0.2, 0.25) is 5.91 Å². The molecule has 2 aliphatic rings.